The van der Waals surface area contributed by atoms with Crippen LogP contribution in [0.15, 0.2) is 0 Å². The van der Waals surface area contributed by atoms with E-state index in [-0.39, 0.29) is 30.1 Å². The van der Waals surface area contributed by atoms with E-state index in [2.05, 4.69) is 0 Å². The zero-order valence-electron chi connectivity index (χ0n) is 16.2. The molecule has 2 heterocycles. The van der Waals surface area contributed by atoms with Gasteiger partial charge in [0.15, 0.2) is 9.84 Å². The largest absolute Gasteiger partial charge is 0.396 e. The molecule has 7 nitrogen and oxygen atoms in total. The highest BCUT2D eigenvalue weighted by atomic mass is 32.2. The molecular weight excluding hydrogens is 368 g/mol. The van der Waals surface area contributed by atoms with Gasteiger partial charge >= 0.3 is 0 Å². The third-order valence-electron chi connectivity index (χ3n) is 6.75. The molecule has 0 aromatic rings. The number of carbonyl (C=O) groups is 2. The summed E-state index contributed by atoms with van der Waals surface area (Å²) in [5.41, 5.74) is -0.506. The van der Waals surface area contributed by atoms with Crippen molar-refractivity contribution in [1.29, 1.82) is 0 Å². The molecule has 1 N–H and O–H groups in total. The third kappa shape index (κ3) is 4.47. The molecule has 27 heavy (non-hydrogen) atoms. The molecule has 2 aliphatic heterocycles. The lowest BCUT2D eigenvalue weighted by Gasteiger charge is -2.28. The average Bonchev–Trinajstić information content (AvgIpc) is 3.17. The van der Waals surface area contributed by atoms with Crippen molar-refractivity contribution in [3.63, 3.8) is 0 Å². The number of aliphatic hydroxyl groups is 1. The molecule has 0 aromatic heterocycles. The van der Waals surface area contributed by atoms with Gasteiger partial charge < -0.3 is 14.9 Å². The minimum Gasteiger partial charge on any atom is -0.396 e. The molecule has 0 radical (unpaired) electrons. The molecule has 2 atom stereocenters. The molecule has 154 valence electrons. The van der Waals surface area contributed by atoms with E-state index < -0.39 is 21.0 Å². The molecule has 0 aromatic carbocycles. The fraction of sp³-hybridized carbons (Fsp3) is 0.895. The molecule has 1 aliphatic carbocycles. The van der Waals surface area contributed by atoms with Crippen LogP contribution in [0.2, 0.25) is 0 Å². The standard InChI is InChI=1S/C19H32N2O5S/c1-2-27(25,26)11-18(24)21-10-16-9-20(12-19(16,13-21)14-22)17(23)8-15-6-4-3-5-7-15/h15-16,22H,2-14H2,1H3. The second kappa shape index (κ2) is 8.07. The minimum atomic E-state index is -3.37. The number of sulfone groups is 1. The number of amides is 2. The van der Waals surface area contributed by atoms with E-state index >= 15 is 0 Å². The Morgan fingerprint density at radius 3 is 2.15 bits per heavy atom. The summed E-state index contributed by atoms with van der Waals surface area (Å²) in [5.74, 6) is -0.248. The van der Waals surface area contributed by atoms with Gasteiger partial charge in [-0.3, -0.25) is 9.59 Å². The van der Waals surface area contributed by atoms with Gasteiger partial charge in [0, 0.05) is 49.7 Å². The fourth-order valence-corrected chi connectivity index (χ4v) is 5.70. The van der Waals surface area contributed by atoms with Crippen LogP contribution in [-0.2, 0) is 19.4 Å². The van der Waals surface area contributed by atoms with Gasteiger partial charge in [-0.05, 0) is 18.8 Å². The molecule has 0 spiro atoms. The number of hydrogen-bond donors (Lipinski definition) is 1. The Balaban J connectivity index is 1.59. The lowest BCUT2D eigenvalue weighted by molar-refractivity contribution is -0.132. The minimum absolute atomic E-state index is 0.0195. The quantitative estimate of drug-likeness (QED) is 0.707. The molecule has 3 fully saturated rings. The van der Waals surface area contributed by atoms with Crippen LogP contribution < -0.4 is 0 Å². The number of aliphatic hydroxyl groups excluding tert-OH is 1. The first-order chi connectivity index (χ1) is 12.8. The van der Waals surface area contributed by atoms with Crippen molar-refractivity contribution in [3.05, 3.63) is 0 Å². The number of rotatable bonds is 6. The number of carbonyl (C=O) groups excluding carboxylic acids is 2. The Labute approximate surface area is 162 Å². The molecule has 2 unspecified atom stereocenters. The summed E-state index contributed by atoms with van der Waals surface area (Å²) in [4.78, 5) is 28.5. The molecular formula is C19H32N2O5S. The van der Waals surface area contributed by atoms with E-state index in [0.717, 1.165) is 12.8 Å². The maximum absolute atomic E-state index is 12.7. The molecule has 1 saturated carbocycles. The summed E-state index contributed by atoms with van der Waals surface area (Å²) < 4.78 is 23.5. The van der Waals surface area contributed by atoms with E-state index in [9.17, 15) is 23.1 Å². The van der Waals surface area contributed by atoms with Crippen LogP contribution in [-0.4, -0.2) is 79.4 Å². The Morgan fingerprint density at radius 1 is 1.04 bits per heavy atom. The van der Waals surface area contributed by atoms with Gasteiger partial charge in [-0.2, -0.15) is 0 Å². The van der Waals surface area contributed by atoms with Crippen molar-refractivity contribution in [2.45, 2.75) is 45.4 Å². The number of likely N-dealkylation sites (tertiary alicyclic amines) is 2. The van der Waals surface area contributed by atoms with Gasteiger partial charge in [-0.25, -0.2) is 8.42 Å². The van der Waals surface area contributed by atoms with Crippen LogP contribution in [0.1, 0.15) is 45.4 Å². The Kier molecular flexibility index (Phi) is 6.15. The molecule has 2 amide bonds. The SMILES string of the molecule is CCS(=O)(=O)CC(=O)N1CC2CN(C(=O)CC3CCCCC3)CC2(CO)C1. The van der Waals surface area contributed by atoms with Crippen LogP contribution >= 0.6 is 0 Å². The number of hydrogen-bond acceptors (Lipinski definition) is 5. The lowest BCUT2D eigenvalue weighted by atomic mass is 9.82. The van der Waals surface area contributed by atoms with Gasteiger partial charge in [0.25, 0.3) is 0 Å². The second-order valence-corrected chi connectivity index (χ2v) is 11.0. The predicted molar refractivity (Wildman–Crippen MR) is 102 cm³/mol. The first-order valence-corrected chi connectivity index (χ1v) is 12.0. The van der Waals surface area contributed by atoms with Gasteiger partial charge in [0.05, 0.1) is 6.61 Å². The van der Waals surface area contributed by atoms with Crippen molar-refractivity contribution in [3.8, 4) is 0 Å². The van der Waals surface area contributed by atoms with Gasteiger partial charge in [0.2, 0.25) is 11.8 Å². The van der Waals surface area contributed by atoms with Crippen LogP contribution in [0.25, 0.3) is 0 Å². The van der Waals surface area contributed by atoms with E-state index in [4.69, 9.17) is 0 Å². The van der Waals surface area contributed by atoms with Gasteiger partial charge in [-0.1, -0.05) is 26.2 Å². The maximum atomic E-state index is 12.7. The monoisotopic (exact) mass is 400 g/mol. The Morgan fingerprint density at radius 2 is 1.63 bits per heavy atom. The fourth-order valence-electron chi connectivity index (χ4n) is 4.93. The summed E-state index contributed by atoms with van der Waals surface area (Å²) in [7, 11) is -3.37. The Bertz CT molecular complexity index is 674. The van der Waals surface area contributed by atoms with Crippen molar-refractivity contribution in [2.24, 2.45) is 17.3 Å². The summed E-state index contributed by atoms with van der Waals surface area (Å²) >= 11 is 0. The zero-order valence-corrected chi connectivity index (χ0v) is 17.0. The molecule has 3 aliphatic rings. The van der Waals surface area contributed by atoms with E-state index in [0.29, 0.717) is 38.5 Å². The average molecular weight is 401 g/mol. The van der Waals surface area contributed by atoms with Gasteiger partial charge in [-0.15, -0.1) is 0 Å². The van der Waals surface area contributed by atoms with E-state index in [1.807, 2.05) is 4.90 Å². The highest BCUT2D eigenvalue weighted by Gasteiger charge is 2.54. The molecule has 3 rings (SSSR count). The molecule has 8 heteroatoms. The van der Waals surface area contributed by atoms with E-state index in [1.54, 1.807) is 4.90 Å². The van der Waals surface area contributed by atoms with Gasteiger partial charge in [0.1, 0.15) is 5.75 Å². The summed E-state index contributed by atoms with van der Waals surface area (Å²) in [6.45, 7) is 3.22. The summed E-state index contributed by atoms with van der Waals surface area (Å²) in [6.07, 6.45) is 6.52. The molecule has 0 bridgehead atoms. The first-order valence-electron chi connectivity index (χ1n) is 10.2. The van der Waals surface area contributed by atoms with Crippen molar-refractivity contribution >= 4 is 21.7 Å². The number of fused-ring (bicyclic) bond motifs is 1. The Hall–Kier alpha value is -1.15. The zero-order chi connectivity index (χ0) is 19.7. The highest BCUT2D eigenvalue weighted by Crippen LogP contribution is 2.42. The highest BCUT2D eigenvalue weighted by molar-refractivity contribution is 7.92. The van der Waals surface area contributed by atoms with Crippen LogP contribution in [0.3, 0.4) is 0 Å². The number of nitrogens with zero attached hydrogens (tertiary/aromatic N) is 2. The smallest absolute Gasteiger partial charge is 0.237 e. The topological polar surface area (TPSA) is 95.0 Å². The summed E-state index contributed by atoms with van der Waals surface area (Å²) in [5, 5.41) is 10.0. The van der Waals surface area contributed by atoms with Crippen LogP contribution in [0.4, 0.5) is 0 Å². The normalized spacial score (nSPS) is 29.2. The van der Waals surface area contributed by atoms with Crippen molar-refractivity contribution in [2.75, 3.05) is 44.3 Å². The summed E-state index contributed by atoms with van der Waals surface area (Å²) in [6, 6.07) is 0. The maximum Gasteiger partial charge on any atom is 0.237 e. The van der Waals surface area contributed by atoms with Crippen LogP contribution in [0, 0.1) is 17.3 Å². The van der Waals surface area contributed by atoms with Crippen molar-refractivity contribution < 1.29 is 23.1 Å². The molecule has 2 saturated heterocycles. The second-order valence-electron chi connectivity index (χ2n) is 8.65. The first kappa shape index (κ1) is 20.6. The predicted octanol–water partition coefficient (Wildman–Crippen LogP) is 0.671. The van der Waals surface area contributed by atoms with Crippen LogP contribution in [0.5, 0.6) is 0 Å². The lowest BCUT2D eigenvalue weighted by Crippen LogP contribution is -2.42. The van der Waals surface area contributed by atoms with E-state index in [1.165, 1.54) is 26.2 Å². The third-order valence-corrected chi connectivity index (χ3v) is 8.32. The van der Waals surface area contributed by atoms with Crippen molar-refractivity contribution in [1.82, 2.24) is 9.80 Å².